The second-order valence-corrected chi connectivity index (χ2v) is 4.42. The molecular formula is C14H20O3. The summed E-state index contributed by atoms with van der Waals surface area (Å²) in [7, 11) is 0. The number of rotatable bonds is 4. The van der Waals surface area contributed by atoms with E-state index in [1.54, 1.807) is 0 Å². The standard InChI is InChI=1S/C14H20O3/c1-2-16-11-6-5-7-12(10-11)17-14-9-4-3-8-13(14)15/h5-7,10,13-15H,2-4,8-9H2,1H3/t13-,14-/m1/s1. The highest BCUT2D eigenvalue weighted by Gasteiger charge is 2.24. The molecule has 0 aromatic heterocycles. The Labute approximate surface area is 102 Å². The summed E-state index contributed by atoms with van der Waals surface area (Å²) in [4.78, 5) is 0. The van der Waals surface area contributed by atoms with Gasteiger partial charge in [0.05, 0.1) is 12.7 Å². The van der Waals surface area contributed by atoms with E-state index in [0.717, 1.165) is 37.2 Å². The summed E-state index contributed by atoms with van der Waals surface area (Å²) in [5, 5.41) is 9.85. The third kappa shape index (κ3) is 3.37. The zero-order chi connectivity index (χ0) is 12.1. The molecule has 0 aliphatic heterocycles. The van der Waals surface area contributed by atoms with Crippen LogP contribution in [-0.2, 0) is 0 Å². The van der Waals surface area contributed by atoms with Crippen molar-refractivity contribution >= 4 is 0 Å². The SMILES string of the molecule is CCOc1cccc(O[C@@H]2CCCC[C@H]2O)c1. The summed E-state index contributed by atoms with van der Waals surface area (Å²) >= 11 is 0. The summed E-state index contributed by atoms with van der Waals surface area (Å²) in [5.74, 6) is 1.59. The first-order chi connectivity index (χ1) is 8.29. The van der Waals surface area contributed by atoms with E-state index in [2.05, 4.69) is 0 Å². The van der Waals surface area contributed by atoms with Crippen LogP contribution in [0.25, 0.3) is 0 Å². The maximum atomic E-state index is 9.85. The van der Waals surface area contributed by atoms with Crippen LogP contribution in [0.1, 0.15) is 32.6 Å². The highest BCUT2D eigenvalue weighted by Crippen LogP contribution is 2.26. The number of benzene rings is 1. The molecule has 2 rings (SSSR count). The lowest BCUT2D eigenvalue weighted by atomic mass is 9.95. The van der Waals surface area contributed by atoms with Gasteiger partial charge in [-0.3, -0.25) is 0 Å². The molecule has 1 aliphatic rings. The molecule has 0 heterocycles. The van der Waals surface area contributed by atoms with Crippen molar-refractivity contribution in [2.45, 2.75) is 44.8 Å². The molecule has 0 spiro atoms. The van der Waals surface area contributed by atoms with Gasteiger partial charge in [0.15, 0.2) is 0 Å². The first kappa shape index (κ1) is 12.2. The average Bonchev–Trinajstić information content (AvgIpc) is 2.33. The van der Waals surface area contributed by atoms with Crippen molar-refractivity contribution in [1.82, 2.24) is 0 Å². The molecule has 3 heteroatoms. The second kappa shape index (κ2) is 5.92. The van der Waals surface area contributed by atoms with Crippen LogP contribution in [0.2, 0.25) is 0 Å². The van der Waals surface area contributed by atoms with Gasteiger partial charge in [-0.1, -0.05) is 12.5 Å². The molecule has 1 saturated carbocycles. The molecule has 0 unspecified atom stereocenters. The van der Waals surface area contributed by atoms with Gasteiger partial charge in [-0.2, -0.15) is 0 Å². The Hall–Kier alpha value is -1.22. The van der Waals surface area contributed by atoms with E-state index in [0.29, 0.717) is 6.61 Å². The van der Waals surface area contributed by atoms with Gasteiger partial charge in [-0.25, -0.2) is 0 Å². The molecule has 0 bridgehead atoms. The van der Waals surface area contributed by atoms with Crippen molar-refractivity contribution in [3.05, 3.63) is 24.3 Å². The van der Waals surface area contributed by atoms with Crippen molar-refractivity contribution in [2.24, 2.45) is 0 Å². The smallest absolute Gasteiger partial charge is 0.124 e. The minimum atomic E-state index is -0.334. The molecule has 1 aliphatic carbocycles. The Balaban J connectivity index is 1.99. The third-order valence-corrected chi connectivity index (χ3v) is 3.07. The molecule has 0 saturated heterocycles. The Morgan fingerprint density at radius 1 is 1.24 bits per heavy atom. The minimum absolute atomic E-state index is 0.0689. The molecular weight excluding hydrogens is 216 g/mol. The van der Waals surface area contributed by atoms with Crippen LogP contribution in [0.5, 0.6) is 11.5 Å². The van der Waals surface area contributed by atoms with E-state index in [1.807, 2.05) is 31.2 Å². The molecule has 1 aromatic carbocycles. The van der Waals surface area contributed by atoms with E-state index < -0.39 is 0 Å². The molecule has 0 radical (unpaired) electrons. The lowest BCUT2D eigenvalue weighted by Gasteiger charge is -2.28. The summed E-state index contributed by atoms with van der Waals surface area (Å²) in [6.45, 7) is 2.61. The van der Waals surface area contributed by atoms with E-state index in [9.17, 15) is 5.11 Å². The quantitative estimate of drug-likeness (QED) is 0.873. The normalized spacial score (nSPS) is 24.4. The Morgan fingerprint density at radius 3 is 2.76 bits per heavy atom. The number of aliphatic hydroxyl groups excluding tert-OH is 1. The summed E-state index contributed by atoms with van der Waals surface area (Å²) in [6, 6.07) is 7.61. The van der Waals surface area contributed by atoms with Crippen LogP contribution in [0.3, 0.4) is 0 Å². The van der Waals surface area contributed by atoms with Crippen LogP contribution in [0, 0.1) is 0 Å². The van der Waals surface area contributed by atoms with Gasteiger partial charge in [0, 0.05) is 6.07 Å². The van der Waals surface area contributed by atoms with E-state index >= 15 is 0 Å². The first-order valence-corrected chi connectivity index (χ1v) is 6.37. The summed E-state index contributed by atoms with van der Waals surface area (Å²) in [5.41, 5.74) is 0. The largest absolute Gasteiger partial charge is 0.494 e. The van der Waals surface area contributed by atoms with Crippen LogP contribution < -0.4 is 9.47 Å². The number of hydrogen-bond acceptors (Lipinski definition) is 3. The lowest BCUT2D eigenvalue weighted by Crippen LogP contribution is -2.34. The molecule has 94 valence electrons. The van der Waals surface area contributed by atoms with Gasteiger partial charge in [0.1, 0.15) is 17.6 Å². The van der Waals surface area contributed by atoms with Gasteiger partial charge in [0.25, 0.3) is 0 Å². The maximum absolute atomic E-state index is 9.85. The molecule has 1 N–H and O–H groups in total. The van der Waals surface area contributed by atoms with Crippen LogP contribution in [0.15, 0.2) is 24.3 Å². The maximum Gasteiger partial charge on any atom is 0.124 e. The highest BCUT2D eigenvalue weighted by molar-refractivity contribution is 5.33. The van der Waals surface area contributed by atoms with E-state index in [1.165, 1.54) is 0 Å². The molecule has 3 nitrogen and oxygen atoms in total. The third-order valence-electron chi connectivity index (χ3n) is 3.07. The van der Waals surface area contributed by atoms with Crippen LogP contribution in [-0.4, -0.2) is 23.9 Å². The van der Waals surface area contributed by atoms with Crippen molar-refractivity contribution < 1.29 is 14.6 Å². The Morgan fingerprint density at radius 2 is 2.00 bits per heavy atom. The van der Waals surface area contributed by atoms with Crippen molar-refractivity contribution in [1.29, 1.82) is 0 Å². The molecule has 0 amide bonds. The van der Waals surface area contributed by atoms with Crippen molar-refractivity contribution in [2.75, 3.05) is 6.61 Å². The van der Waals surface area contributed by atoms with Crippen LogP contribution in [0.4, 0.5) is 0 Å². The fourth-order valence-corrected chi connectivity index (χ4v) is 2.19. The second-order valence-electron chi connectivity index (χ2n) is 4.42. The first-order valence-electron chi connectivity index (χ1n) is 6.37. The van der Waals surface area contributed by atoms with Crippen molar-refractivity contribution in [3.8, 4) is 11.5 Å². The van der Waals surface area contributed by atoms with Gasteiger partial charge in [0.2, 0.25) is 0 Å². The van der Waals surface area contributed by atoms with E-state index in [-0.39, 0.29) is 12.2 Å². The number of aliphatic hydroxyl groups is 1. The molecule has 17 heavy (non-hydrogen) atoms. The molecule has 1 fully saturated rings. The highest BCUT2D eigenvalue weighted by atomic mass is 16.5. The number of ether oxygens (including phenoxy) is 2. The minimum Gasteiger partial charge on any atom is -0.494 e. The van der Waals surface area contributed by atoms with E-state index in [4.69, 9.17) is 9.47 Å². The fraction of sp³-hybridized carbons (Fsp3) is 0.571. The number of hydrogen-bond donors (Lipinski definition) is 1. The zero-order valence-electron chi connectivity index (χ0n) is 10.3. The summed E-state index contributed by atoms with van der Waals surface area (Å²) in [6.07, 6.45) is 3.60. The van der Waals surface area contributed by atoms with Gasteiger partial charge >= 0.3 is 0 Å². The van der Waals surface area contributed by atoms with Gasteiger partial charge in [-0.05, 0) is 38.3 Å². The molecule has 2 atom stereocenters. The molecule has 1 aromatic rings. The zero-order valence-corrected chi connectivity index (χ0v) is 10.3. The summed E-state index contributed by atoms with van der Waals surface area (Å²) < 4.78 is 11.2. The van der Waals surface area contributed by atoms with Crippen molar-refractivity contribution in [3.63, 3.8) is 0 Å². The Kier molecular flexibility index (Phi) is 4.26. The van der Waals surface area contributed by atoms with Gasteiger partial charge in [-0.15, -0.1) is 0 Å². The predicted octanol–water partition coefficient (Wildman–Crippen LogP) is 2.77. The monoisotopic (exact) mass is 236 g/mol. The van der Waals surface area contributed by atoms with Crippen LogP contribution >= 0.6 is 0 Å². The topological polar surface area (TPSA) is 38.7 Å². The lowest BCUT2D eigenvalue weighted by molar-refractivity contribution is 0.00676. The Bertz CT molecular complexity index is 351. The predicted molar refractivity (Wildman–Crippen MR) is 66.5 cm³/mol. The fourth-order valence-electron chi connectivity index (χ4n) is 2.19. The van der Waals surface area contributed by atoms with Gasteiger partial charge < -0.3 is 14.6 Å². The average molecular weight is 236 g/mol.